The number of anilines is 1. The molecule has 1 saturated carbocycles. The SMILES string of the molecule is CCCCC(=O)OC1[C@@]2(CCl)O[C@@H](n3ccc(N)nc3=O)[C@H](F)[C@@]12OC(=O)CCCC. The van der Waals surface area contributed by atoms with Crippen molar-refractivity contribution >= 4 is 29.4 Å². The molecule has 11 heteroatoms. The fourth-order valence-corrected chi connectivity index (χ4v) is 4.37. The number of nitrogen functional groups attached to an aromatic ring is 1. The summed E-state index contributed by atoms with van der Waals surface area (Å²) < 4.78 is 33.6. The van der Waals surface area contributed by atoms with E-state index in [0.717, 1.165) is 17.4 Å². The van der Waals surface area contributed by atoms with Crippen LogP contribution in [0.3, 0.4) is 0 Å². The second-order valence-corrected chi connectivity index (χ2v) is 8.09. The highest BCUT2D eigenvalue weighted by Crippen LogP contribution is 2.67. The molecule has 1 unspecified atom stereocenters. The molecule has 2 heterocycles. The third-order valence-electron chi connectivity index (χ3n) is 5.71. The zero-order valence-electron chi connectivity index (χ0n) is 17.5. The van der Waals surface area contributed by atoms with Gasteiger partial charge in [0.25, 0.3) is 0 Å². The molecule has 1 aliphatic heterocycles. The van der Waals surface area contributed by atoms with Crippen LogP contribution in [0.2, 0.25) is 0 Å². The first kappa shape index (κ1) is 23.5. The number of hydrogen-bond donors (Lipinski definition) is 1. The molecular formula is C20H27ClFN3O6. The lowest BCUT2D eigenvalue weighted by molar-refractivity contribution is -0.168. The standard InChI is InChI=1S/C20H27ClFN3O6/c1-3-5-7-13(26)29-17-19(11-21)20(17,30-14(27)8-6-4-2)15(22)16(31-19)25-10-9-12(23)24-18(25)28/h9-10,15-17H,3-8,11H2,1-2H3,(H2,23,24,28)/t15-,16+,17?,19+,20+/m0/s1. The van der Waals surface area contributed by atoms with Gasteiger partial charge in [-0.25, -0.2) is 9.18 Å². The molecule has 2 aliphatic rings. The van der Waals surface area contributed by atoms with Crippen molar-refractivity contribution in [1.82, 2.24) is 9.55 Å². The number of aromatic nitrogens is 2. The number of halogens is 2. The van der Waals surface area contributed by atoms with E-state index in [1.807, 2.05) is 13.8 Å². The monoisotopic (exact) mass is 459 g/mol. The van der Waals surface area contributed by atoms with Gasteiger partial charge in [0.15, 0.2) is 24.1 Å². The number of rotatable bonds is 10. The molecule has 1 saturated heterocycles. The summed E-state index contributed by atoms with van der Waals surface area (Å²) in [6, 6.07) is 1.32. The number of carbonyl (C=O) groups excluding carboxylic acids is 2. The Morgan fingerprint density at radius 1 is 1.29 bits per heavy atom. The number of hydrogen-bond acceptors (Lipinski definition) is 8. The van der Waals surface area contributed by atoms with Crippen LogP contribution in [-0.2, 0) is 23.8 Å². The molecule has 1 aromatic heterocycles. The number of ether oxygens (including phenoxy) is 3. The van der Waals surface area contributed by atoms with Gasteiger partial charge in [0.05, 0.1) is 5.88 Å². The Kier molecular flexibility index (Phi) is 6.90. The predicted molar refractivity (Wildman–Crippen MR) is 109 cm³/mol. The van der Waals surface area contributed by atoms with Crippen molar-refractivity contribution in [3.8, 4) is 0 Å². The van der Waals surface area contributed by atoms with Crippen molar-refractivity contribution in [2.45, 2.75) is 82.1 Å². The lowest BCUT2D eigenvalue weighted by Gasteiger charge is -2.24. The van der Waals surface area contributed by atoms with Crippen LogP contribution in [0.15, 0.2) is 17.1 Å². The highest BCUT2D eigenvalue weighted by molar-refractivity contribution is 6.19. The van der Waals surface area contributed by atoms with E-state index < -0.39 is 47.3 Å². The van der Waals surface area contributed by atoms with Gasteiger partial charge in [-0.2, -0.15) is 4.98 Å². The summed E-state index contributed by atoms with van der Waals surface area (Å²) in [6.45, 7) is 3.82. The molecular weight excluding hydrogens is 433 g/mol. The molecule has 0 amide bonds. The van der Waals surface area contributed by atoms with Crippen molar-refractivity contribution in [3.63, 3.8) is 0 Å². The molecule has 1 aromatic rings. The van der Waals surface area contributed by atoms with Gasteiger partial charge >= 0.3 is 17.6 Å². The van der Waals surface area contributed by atoms with E-state index in [1.54, 1.807) is 0 Å². The van der Waals surface area contributed by atoms with Gasteiger partial charge < -0.3 is 19.9 Å². The van der Waals surface area contributed by atoms with Crippen LogP contribution in [-0.4, -0.2) is 50.8 Å². The molecule has 31 heavy (non-hydrogen) atoms. The average molecular weight is 460 g/mol. The van der Waals surface area contributed by atoms with Gasteiger partial charge in [0.2, 0.25) is 5.60 Å². The summed E-state index contributed by atoms with van der Waals surface area (Å²) in [4.78, 5) is 40.5. The third-order valence-corrected chi connectivity index (χ3v) is 6.10. The zero-order valence-corrected chi connectivity index (χ0v) is 18.3. The minimum absolute atomic E-state index is 0.0321. The summed E-state index contributed by atoms with van der Waals surface area (Å²) in [6.07, 6.45) is -0.615. The van der Waals surface area contributed by atoms with Crippen LogP contribution in [0.1, 0.15) is 58.6 Å². The number of nitrogens with zero attached hydrogens (tertiary/aromatic N) is 2. The Morgan fingerprint density at radius 3 is 2.52 bits per heavy atom. The number of esters is 2. The average Bonchev–Trinajstić information content (AvgIpc) is 3.17. The second-order valence-electron chi connectivity index (χ2n) is 7.82. The van der Waals surface area contributed by atoms with Gasteiger partial charge in [-0.1, -0.05) is 26.7 Å². The highest BCUT2D eigenvalue weighted by Gasteiger charge is 2.93. The lowest BCUT2D eigenvalue weighted by Crippen LogP contribution is -2.41. The fourth-order valence-electron chi connectivity index (χ4n) is 3.96. The maximum absolute atomic E-state index is 15.8. The summed E-state index contributed by atoms with van der Waals surface area (Å²) in [5.74, 6) is -1.56. The molecule has 0 radical (unpaired) electrons. The van der Waals surface area contributed by atoms with Gasteiger partial charge in [-0.15, -0.1) is 11.6 Å². The lowest BCUT2D eigenvalue weighted by atomic mass is 10.1. The molecule has 0 aromatic carbocycles. The molecule has 3 rings (SSSR count). The number of nitrogens with two attached hydrogens (primary N) is 1. The minimum atomic E-state index is -2.02. The van der Waals surface area contributed by atoms with Crippen LogP contribution in [0, 0.1) is 0 Å². The normalized spacial score (nSPS) is 31.2. The predicted octanol–water partition coefficient (Wildman–Crippen LogP) is 2.26. The molecule has 2 N–H and O–H groups in total. The van der Waals surface area contributed by atoms with Crippen molar-refractivity contribution in [2.24, 2.45) is 0 Å². The van der Waals surface area contributed by atoms with Crippen LogP contribution in [0.5, 0.6) is 0 Å². The first-order valence-corrected chi connectivity index (χ1v) is 10.9. The zero-order chi connectivity index (χ0) is 22.8. The second kappa shape index (κ2) is 9.12. The van der Waals surface area contributed by atoms with E-state index in [9.17, 15) is 14.4 Å². The Hall–Kier alpha value is -2.20. The highest BCUT2D eigenvalue weighted by atomic mass is 35.5. The minimum Gasteiger partial charge on any atom is -0.454 e. The van der Waals surface area contributed by atoms with Crippen LogP contribution < -0.4 is 11.4 Å². The summed E-state index contributed by atoms with van der Waals surface area (Å²) in [5, 5.41) is 0. The van der Waals surface area contributed by atoms with E-state index >= 15 is 4.39 Å². The van der Waals surface area contributed by atoms with Crippen molar-refractivity contribution in [3.05, 3.63) is 22.7 Å². The quantitative estimate of drug-likeness (QED) is 0.417. The summed E-state index contributed by atoms with van der Waals surface area (Å²) in [7, 11) is 0. The topological polar surface area (TPSA) is 123 Å². The van der Waals surface area contributed by atoms with Gasteiger partial charge in [-0.05, 0) is 18.9 Å². The van der Waals surface area contributed by atoms with Crippen LogP contribution in [0.4, 0.5) is 10.2 Å². The molecule has 9 nitrogen and oxygen atoms in total. The van der Waals surface area contributed by atoms with Crippen molar-refractivity contribution in [2.75, 3.05) is 11.6 Å². The number of alkyl halides is 2. The molecule has 1 aliphatic carbocycles. The van der Waals surface area contributed by atoms with Gasteiger partial charge in [0.1, 0.15) is 5.82 Å². The van der Waals surface area contributed by atoms with E-state index in [4.69, 9.17) is 31.5 Å². The third kappa shape index (κ3) is 3.91. The number of fused-ring (bicyclic) bond motifs is 1. The first-order chi connectivity index (χ1) is 14.8. The Labute approximate surface area is 184 Å². The van der Waals surface area contributed by atoms with Crippen molar-refractivity contribution in [1.29, 1.82) is 0 Å². The molecule has 2 fully saturated rings. The molecule has 5 atom stereocenters. The van der Waals surface area contributed by atoms with Gasteiger partial charge in [-0.3, -0.25) is 14.2 Å². The Balaban J connectivity index is 1.92. The van der Waals surface area contributed by atoms with E-state index in [2.05, 4.69) is 4.98 Å². The maximum atomic E-state index is 15.8. The summed E-state index contributed by atoms with van der Waals surface area (Å²) in [5.41, 5.74) is 1.12. The summed E-state index contributed by atoms with van der Waals surface area (Å²) >= 11 is 6.14. The van der Waals surface area contributed by atoms with E-state index in [-0.39, 0.29) is 24.5 Å². The molecule has 172 valence electrons. The first-order valence-electron chi connectivity index (χ1n) is 10.4. The molecule has 0 spiro atoms. The fraction of sp³-hybridized carbons (Fsp3) is 0.700. The van der Waals surface area contributed by atoms with Crippen LogP contribution in [0.25, 0.3) is 0 Å². The molecule has 0 bridgehead atoms. The van der Waals surface area contributed by atoms with Crippen LogP contribution >= 0.6 is 11.6 Å². The smallest absolute Gasteiger partial charge is 0.351 e. The van der Waals surface area contributed by atoms with E-state index in [1.165, 1.54) is 12.3 Å². The Morgan fingerprint density at radius 2 is 1.94 bits per heavy atom. The number of unbranched alkanes of at least 4 members (excludes halogenated alkanes) is 2. The maximum Gasteiger partial charge on any atom is 0.351 e. The Bertz CT molecular complexity index is 898. The van der Waals surface area contributed by atoms with E-state index in [0.29, 0.717) is 12.8 Å². The largest absolute Gasteiger partial charge is 0.454 e. The van der Waals surface area contributed by atoms with Crippen molar-refractivity contribution < 1.29 is 28.2 Å². The van der Waals surface area contributed by atoms with Gasteiger partial charge in [0, 0.05) is 19.0 Å². The number of carbonyl (C=O) groups is 2.